The van der Waals surface area contributed by atoms with E-state index >= 15 is 0 Å². The maximum absolute atomic E-state index is 12.9. The number of β-lactam (4-membered cyclic amide) rings is 1. The zero-order valence-electron chi connectivity index (χ0n) is 12.1. The van der Waals surface area contributed by atoms with Crippen LogP contribution in [0.1, 0.15) is 28.8 Å². The van der Waals surface area contributed by atoms with Crippen LogP contribution in [0.2, 0.25) is 0 Å². The van der Waals surface area contributed by atoms with E-state index in [1.54, 1.807) is 24.1 Å². The first-order valence-corrected chi connectivity index (χ1v) is 6.99. The first-order chi connectivity index (χ1) is 10.1. The van der Waals surface area contributed by atoms with Crippen LogP contribution in [0.4, 0.5) is 0 Å². The Morgan fingerprint density at radius 1 is 1.00 bits per heavy atom. The molecule has 0 saturated carbocycles. The van der Waals surface area contributed by atoms with Crippen molar-refractivity contribution in [2.45, 2.75) is 18.4 Å². The van der Waals surface area contributed by atoms with E-state index in [1.807, 2.05) is 55.5 Å². The monoisotopic (exact) mass is 279 g/mol. The Hall–Kier alpha value is -2.42. The second-order valence-electron chi connectivity index (χ2n) is 5.58. The molecule has 0 spiro atoms. The third kappa shape index (κ3) is 1.88. The Balaban J connectivity index is 2.02. The van der Waals surface area contributed by atoms with Gasteiger partial charge >= 0.3 is 0 Å². The third-order valence-corrected chi connectivity index (χ3v) is 4.46. The van der Waals surface area contributed by atoms with Crippen molar-refractivity contribution in [3.05, 3.63) is 71.8 Å². The molecule has 0 aliphatic carbocycles. The van der Waals surface area contributed by atoms with Crippen molar-refractivity contribution in [3.63, 3.8) is 0 Å². The Morgan fingerprint density at radius 2 is 1.52 bits per heavy atom. The van der Waals surface area contributed by atoms with E-state index in [-0.39, 0.29) is 11.7 Å². The molecule has 2 atom stereocenters. The minimum Gasteiger partial charge on any atom is -0.331 e. The van der Waals surface area contributed by atoms with Gasteiger partial charge in [-0.25, -0.2) is 0 Å². The van der Waals surface area contributed by atoms with Crippen LogP contribution in [0.3, 0.4) is 0 Å². The zero-order valence-corrected chi connectivity index (χ0v) is 12.1. The van der Waals surface area contributed by atoms with Crippen LogP contribution in [0.25, 0.3) is 0 Å². The van der Waals surface area contributed by atoms with Gasteiger partial charge in [0.2, 0.25) is 5.91 Å². The fourth-order valence-corrected chi connectivity index (χ4v) is 3.07. The number of carbonyl (C=O) groups excluding carboxylic acids is 2. The minimum absolute atomic E-state index is 0.00650. The molecular weight excluding hydrogens is 262 g/mol. The summed E-state index contributed by atoms with van der Waals surface area (Å²) in [5.41, 5.74) is 0.715. The summed E-state index contributed by atoms with van der Waals surface area (Å²) >= 11 is 0. The number of likely N-dealkylation sites (tertiary alicyclic amines) is 1. The Labute approximate surface area is 124 Å². The van der Waals surface area contributed by atoms with Crippen molar-refractivity contribution in [3.8, 4) is 0 Å². The molecule has 0 aromatic heterocycles. The van der Waals surface area contributed by atoms with Gasteiger partial charge in [-0.3, -0.25) is 9.59 Å². The molecule has 1 fully saturated rings. The van der Waals surface area contributed by atoms with Gasteiger partial charge in [-0.1, -0.05) is 60.7 Å². The molecule has 3 rings (SSSR count). The highest BCUT2D eigenvalue weighted by atomic mass is 16.2. The van der Waals surface area contributed by atoms with Crippen LogP contribution in [-0.2, 0) is 4.79 Å². The molecule has 3 nitrogen and oxygen atoms in total. The molecule has 3 heteroatoms. The van der Waals surface area contributed by atoms with Crippen molar-refractivity contribution < 1.29 is 9.59 Å². The maximum atomic E-state index is 12.9. The van der Waals surface area contributed by atoms with Gasteiger partial charge in [0.05, 0.1) is 5.92 Å². The summed E-state index contributed by atoms with van der Waals surface area (Å²) in [5, 5.41) is 0. The normalized spacial score (nSPS) is 24.6. The van der Waals surface area contributed by atoms with Crippen molar-refractivity contribution >= 4 is 11.7 Å². The molecule has 2 unspecified atom stereocenters. The molecule has 21 heavy (non-hydrogen) atoms. The molecule has 1 amide bonds. The Bertz CT molecular complexity index is 681. The highest BCUT2D eigenvalue weighted by Gasteiger charge is 2.60. The average Bonchev–Trinajstić information content (AvgIpc) is 2.55. The highest BCUT2D eigenvalue weighted by Crippen LogP contribution is 2.45. The predicted molar refractivity (Wildman–Crippen MR) is 81.1 cm³/mol. The second-order valence-corrected chi connectivity index (χ2v) is 5.58. The molecule has 0 radical (unpaired) electrons. The number of benzene rings is 2. The van der Waals surface area contributed by atoms with Crippen LogP contribution in [-0.4, -0.2) is 29.2 Å². The van der Waals surface area contributed by atoms with Gasteiger partial charge in [-0.05, 0) is 12.5 Å². The van der Waals surface area contributed by atoms with Crippen molar-refractivity contribution in [1.29, 1.82) is 0 Å². The summed E-state index contributed by atoms with van der Waals surface area (Å²) in [4.78, 5) is 26.7. The summed E-state index contributed by atoms with van der Waals surface area (Å²) in [6, 6.07) is 18.7. The number of hydrogen-bond acceptors (Lipinski definition) is 2. The lowest BCUT2D eigenvalue weighted by molar-refractivity contribution is -0.152. The lowest BCUT2D eigenvalue weighted by Crippen LogP contribution is -2.69. The smallest absolute Gasteiger partial charge is 0.233 e. The molecular formula is C18H17NO2. The van der Waals surface area contributed by atoms with Gasteiger partial charge in [-0.15, -0.1) is 0 Å². The average molecular weight is 279 g/mol. The van der Waals surface area contributed by atoms with E-state index in [2.05, 4.69) is 0 Å². The fraction of sp³-hybridized carbons (Fsp3) is 0.222. The lowest BCUT2D eigenvalue weighted by Gasteiger charge is -2.53. The number of amides is 1. The summed E-state index contributed by atoms with van der Waals surface area (Å²) in [6.07, 6.45) is 0. The van der Waals surface area contributed by atoms with Crippen LogP contribution < -0.4 is 0 Å². The number of Topliss-reactive ketones (excluding diaryl/α,β-unsaturated/α-hetero) is 1. The quantitative estimate of drug-likeness (QED) is 0.640. The van der Waals surface area contributed by atoms with Gasteiger partial charge in [0, 0.05) is 12.6 Å². The van der Waals surface area contributed by atoms with E-state index in [0.717, 1.165) is 5.56 Å². The van der Waals surface area contributed by atoms with Crippen LogP contribution in [0.15, 0.2) is 60.7 Å². The fourth-order valence-electron chi connectivity index (χ4n) is 3.07. The van der Waals surface area contributed by atoms with Crippen molar-refractivity contribution in [2.75, 3.05) is 7.05 Å². The number of nitrogens with zero attached hydrogens (tertiary/aromatic N) is 1. The molecule has 0 N–H and O–H groups in total. The van der Waals surface area contributed by atoms with E-state index in [4.69, 9.17) is 0 Å². The Kier molecular flexibility index (Phi) is 3.13. The molecule has 2 aromatic rings. The standard InChI is InChI=1S/C18H17NO2/c1-18(16(20)14-11-7-4-8-12-14)15(17(21)19(18)2)13-9-5-3-6-10-13/h3-12,15H,1-2H3. The molecule has 1 aliphatic rings. The van der Waals surface area contributed by atoms with Crippen molar-refractivity contribution in [2.24, 2.45) is 0 Å². The molecule has 1 saturated heterocycles. The minimum atomic E-state index is -0.820. The van der Waals surface area contributed by atoms with E-state index in [0.29, 0.717) is 5.56 Å². The number of hydrogen-bond donors (Lipinski definition) is 0. The van der Waals surface area contributed by atoms with Crippen LogP contribution in [0, 0.1) is 0 Å². The van der Waals surface area contributed by atoms with Gasteiger partial charge < -0.3 is 4.90 Å². The van der Waals surface area contributed by atoms with E-state index < -0.39 is 11.5 Å². The molecule has 1 heterocycles. The molecule has 106 valence electrons. The number of carbonyl (C=O) groups is 2. The van der Waals surface area contributed by atoms with Gasteiger partial charge in [0.1, 0.15) is 5.54 Å². The van der Waals surface area contributed by atoms with Crippen LogP contribution >= 0.6 is 0 Å². The van der Waals surface area contributed by atoms with E-state index in [1.165, 1.54) is 0 Å². The van der Waals surface area contributed by atoms with Crippen molar-refractivity contribution in [1.82, 2.24) is 4.90 Å². The number of likely N-dealkylation sites (N-methyl/N-ethyl adjacent to an activating group) is 1. The van der Waals surface area contributed by atoms with Gasteiger partial charge in [0.25, 0.3) is 0 Å². The summed E-state index contributed by atoms with van der Waals surface area (Å²) in [6.45, 7) is 1.85. The number of ketones is 1. The Morgan fingerprint density at radius 3 is 2.10 bits per heavy atom. The first-order valence-electron chi connectivity index (χ1n) is 6.99. The summed E-state index contributed by atoms with van der Waals surface area (Å²) in [7, 11) is 1.70. The lowest BCUT2D eigenvalue weighted by atomic mass is 9.67. The summed E-state index contributed by atoms with van der Waals surface area (Å²) < 4.78 is 0. The zero-order chi connectivity index (χ0) is 15.0. The second kappa shape index (κ2) is 4.85. The van der Waals surface area contributed by atoms with Gasteiger partial charge in [0.15, 0.2) is 5.78 Å². The maximum Gasteiger partial charge on any atom is 0.233 e. The van der Waals surface area contributed by atoms with E-state index in [9.17, 15) is 9.59 Å². The topological polar surface area (TPSA) is 37.4 Å². The molecule has 0 bridgehead atoms. The first kappa shape index (κ1) is 13.6. The highest BCUT2D eigenvalue weighted by molar-refractivity contribution is 6.13. The molecule has 2 aromatic carbocycles. The summed E-state index contributed by atoms with van der Waals surface area (Å²) in [5.74, 6) is -0.427. The number of rotatable bonds is 3. The largest absolute Gasteiger partial charge is 0.331 e. The third-order valence-electron chi connectivity index (χ3n) is 4.46. The molecule has 1 aliphatic heterocycles. The van der Waals surface area contributed by atoms with Crippen LogP contribution in [0.5, 0.6) is 0 Å². The predicted octanol–water partition coefficient (Wildman–Crippen LogP) is 2.88. The van der Waals surface area contributed by atoms with Gasteiger partial charge in [-0.2, -0.15) is 0 Å². The SMILES string of the molecule is CN1C(=O)C(c2ccccc2)C1(C)C(=O)c1ccccc1.